The maximum absolute atomic E-state index is 5.91. The molecule has 0 amide bonds. The van der Waals surface area contributed by atoms with Crippen molar-refractivity contribution in [3.05, 3.63) is 34.9 Å². The molecule has 0 heterocycles. The van der Waals surface area contributed by atoms with E-state index in [9.17, 15) is 0 Å². The van der Waals surface area contributed by atoms with Gasteiger partial charge in [0.15, 0.2) is 0 Å². The second kappa shape index (κ2) is 6.55. The van der Waals surface area contributed by atoms with E-state index in [1.165, 1.54) is 24.8 Å². The zero-order valence-electron chi connectivity index (χ0n) is 11.2. The van der Waals surface area contributed by atoms with E-state index in [2.05, 4.69) is 24.4 Å². The van der Waals surface area contributed by atoms with Crippen molar-refractivity contribution in [3.63, 3.8) is 0 Å². The lowest BCUT2D eigenvalue weighted by molar-refractivity contribution is 0.0572. The molecule has 0 bridgehead atoms. The highest BCUT2D eigenvalue weighted by Gasteiger charge is 2.22. The molecule has 0 saturated heterocycles. The number of hydrogen-bond acceptors (Lipinski definition) is 2. The fourth-order valence-electron chi connectivity index (χ4n) is 2.71. The summed E-state index contributed by atoms with van der Waals surface area (Å²) in [5, 5.41) is 4.49. The van der Waals surface area contributed by atoms with Crippen LogP contribution in [0.3, 0.4) is 0 Å². The van der Waals surface area contributed by atoms with Crippen molar-refractivity contribution >= 4 is 11.6 Å². The van der Waals surface area contributed by atoms with E-state index < -0.39 is 0 Å². The summed E-state index contributed by atoms with van der Waals surface area (Å²) in [5.41, 5.74) is 1.29. The van der Waals surface area contributed by atoms with Gasteiger partial charge in [0.25, 0.3) is 0 Å². The summed E-state index contributed by atoms with van der Waals surface area (Å²) >= 11 is 5.91. The minimum absolute atomic E-state index is 0.364. The molecule has 0 aliphatic heterocycles. The van der Waals surface area contributed by atoms with Crippen LogP contribution in [0, 0.1) is 0 Å². The molecule has 2 nitrogen and oxygen atoms in total. The maximum atomic E-state index is 5.91. The van der Waals surface area contributed by atoms with E-state index in [1.807, 2.05) is 19.2 Å². The summed E-state index contributed by atoms with van der Waals surface area (Å²) in [4.78, 5) is 0. The fourth-order valence-corrected chi connectivity index (χ4v) is 2.84. The molecule has 0 radical (unpaired) electrons. The normalized spacial score (nSPS) is 25.9. The number of halogens is 1. The first-order valence-corrected chi connectivity index (χ1v) is 7.11. The van der Waals surface area contributed by atoms with Crippen LogP contribution in [-0.2, 0) is 4.74 Å². The van der Waals surface area contributed by atoms with Gasteiger partial charge in [-0.25, -0.2) is 0 Å². The zero-order valence-corrected chi connectivity index (χ0v) is 11.9. The number of hydrogen-bond donors (Lipinski definition) is 1. The lowest BCUT2D eigenvalue weighted by Gasteiger charge is -2.31. The Morgan fingerprint density at radius 1 is 1.28 bits per heavy atom. The maximum Gasteiger partial charge on any atom is 0.0586 e. The van der Waals surface area contributed by atoms with Gasteiger partial charge in [0.1, 0.15) is 0 Å². The van der Waals surface area contributed by atoms with Crippen LogP contribution in [-0.4, -0.2) is 19.3 Å². The van der Waals surface area contributed by atoms with Gasteiger partial charge >= 0.3 is 0 Å². The van der Waals surface area contributed by atoms with E-state index in [-0.39, 0.29) is 0 Å². The Bertz CT molecular complexity index is 365. The molecule has 0 spiro atoms. The topological polar surface area (TPSA) is 21.3 Å². The first kappa shape index (κ1) is 13.9. The molecule has 3 heteroatoms. The van der Waals surface area contributed by atoms with E-state index in [0.717, 1.165) is 11.4 Å². The molecule has 1 aliphatic rings. The SMILES string of the molecule is COC1CCCC(N[C@@H](C)c2ccc(Cl)cc2)C1. The smallest absolute Gasteiger partial charge is 0.0586 e. The van der Waals surface area contributed by atoms with Gasteiger partial charge in [-0.1, -0.05) is 23.7 Å². The van der Waals surface area contributed by atoms with Crippen LogP contribution in [0.15, 0.2) is 24.3 Å². The lowest BCUT2D eigenvalue weighted by atomic mass is 9.92. The number of nitrogens with one attached hydrogen (secondary N) is 1. The van der Waals surface area contributed by atoms with Crippen LogP contribution < -0.4 is 5.32 Å². The highest BCUT2D eigenvalue weighted by atomic mass is 35.5. The van der Waals surface area contributed by atoms with Crippen molar-refractivity contribution in [1.82, 2.24) is 5.32 Å². The van der Waals surface area contributed by atoms with Crippen LogP contribution in [0.4, 0.5) is 0 Å². The molecule has 1 N–H and O–H groups in total. The summed E-state index contributed by atoms with van der Waals surface area (Å²) in [7, 11) is 1.82. The highest BCUT2D eigenvalue weighted by molar-refractivity contribution is 6.30. The van der Waals surface area contributed by atoms with Crippen molar-refractivity contribution in [2.45, 2.75) is 50.8 Å². The number of benzene rings is 1. The zero-order chi connectivity index (χ0) is 13.0. The van der Waals surface area contributed by atoms with Gasteiger partial charge in [0.05, 0.1) is 6.10 Å². The Morgan fingerprint density at radius 3 is 2.67 bits per heavy atom. The monoisotopic (exact) mass is 267 g/mol. The van der Waals surface area contributed by atoms with Crippen LogP contribution >= 0.6 is 11.6 Å². The molecule has 1 aromatic carbocycles. The first-order chi connectivity index (χ1) is 8.69. The molecule has 1 aliphatic carbocycles. The molecule has 1 aromatic rings. The molecule has 3 atom stereocenters. The highest BCUT2D eigenvalue weighted by Crippen LogP contribution is 2.24. The van der Waals surface area contributed by atoms with Crippen LogP contribution in [0.2, 0.25) is 5.02 Å². The van der Waals surface area contributed by atoms with Crippen molar-refractivity contribution in [1.29, 1.82) is 0 Å². The van der Waals surface area contributed by atoms with Crippen molar-refractivity contribution < 1.29 is 4.74 Å². The molecular formula is C15H22ClNO. The second-order valence-corrected chi connectivity index (χ2v) is 5.60. The lowest BCUT2D eigenvalue weighted by Crippen LogP contribution is -2.38. The average Bonchev–Trinajstić information content (AvgIpc) is 2.39. The van der Waals surface area contributed by atoms with E-state index in [1.54, 1.807) is 0 Å². The second-order valence-electron chi connectivity index (χ2n) is 5.16. The summed E-state index contributed by atoms with van der Waals surface area (Å²) in [6.07, 6.45) is 5.24. The minimum atomic E-state index is 0.364. The summed E-state index contributed by atoms with van der Waals surface area (Å²) in [6.45, 7) is 2.21. The third kappa shape index (κ3) is 3.71. The van der Waals surface area contributed by atoms with Crippen LogP contribution in [0.25, 0.3) is 0 Å². The predicted molar refractivity (Wildman–Crippen MR) is 76.1 cm³/mol. The molecule has 1 saturated carbocycles. The number of rotatable bonds is 4. The Kier molecular flexibility index (Phi) is 5.04. The Morgan fingerprint density at radius 2 is 2.00 bits per heavy atom. The standard InChI is InChI=1S/C15H22ClNO/c1-11(12-6-8-13(16)9-7-12)17-14-4-3-5-15(10-14)18-2/h6-9,11,14-15,17H,3-5,10H2,1-2H3/t11-,14?,15?/m0/s1. The van der Waals surface area contributed by atoms with Gasteiger partial charge in [-0.15, -0.1) is 0 Å². The van der Waals surface area contributed by atoms with Gasteiger partial charge < -0.3 is 10.1 Å². The molecule has 2 rings (SSSR count). The Labute approximate surface area is 115 Å². The predicted octanol–water partition coefficient (Wildman–Crippen LogP) is 3.95. The van der Waals surface area contributed by atoms with Gasteiger partial charge in [-0.3, -0.25) is 0 Å². The molecular weight excluding hydrogens is 246 g/mol. The molecule has 100 valence electrons. The molecule has 18 heavy (non-hydrogen) atoms. The summed E-state index contributed by atoms with van der Waals surface area (Å²) in [6, 6.07) is 9.02. The van der Waals surface area contributed by atoms with Crippen LogP contribution in [0.1, 0.15) is 44.2 Å². The molecule has 0 aromatic heterocycles. The van der Waals surface area contributed by atoms with Crippen LogP contribution in [0.5, 0.6) is 0 Å². The van der Waals surface area contributed by atoms with Crippen molar-refractivity contribution in [2.75, 3.05) is 7.11 Å². The Hall–Kier alpha value is -0.570. The largest absolute Gasteiger partial charge is 0.381 e. The average molecular weight is 268 g/mol. The summed E-state index contributed by atoms with van der Waals surface area (Å²) in [5.74, 6) is 0. The van der Waals surface area contributed by atoms with Gasteiger partial charge in [0, 0.05) is 24.2 Å². The van der Waals surface area contributed by atoms with Gasteiger partial charge in [-0.05, 0) is 50.3 Å². The first-order valence-electron chi connectivity index (χ1n) is 6.73. The third-order valence-electron chi connectivity index (χ3n) is 3.82. The number of methoxy groups -OCH3 is 1. The number of ether oxygens (including phenoxy) is 1. The minimum Gasteiger partial charge on any atom is -0.381 e. The van der Waals surface area contributed by atoms with E-state index in [4.69, 9.17) is 16.3 Å². The third-order valence-corrected chi connectivity index (χ3v) is 4.07. The molecule has 2 unspecified atom stereocenters. The fraction of sp³-hybridized carbons (Fsp3) is 0.600. The van der Waals surface area contributed by atoms with Gasteiger partial charge in [0.2, 0.25) is 0 Å². The Balaban J connectivity index is 1.90. The summed E-state index contributed by atoms with van der Waals surface area (Å²) < 4.78 is 5.47. The molecule has 1 fully saturated rings. The van der Waals surface area contributed by atoms with Gasteiger partial charge in [-0.2, -0.15) is 0 Å². The van der Waals surface area contributed by atoms with E-state index >= 15 is 0 Å². The quantitative estimate of drug-likeness (QED) is 0.892. The van der Waals surface area contributed by atoms with Crippen molar-refractivity contribution in [2.24, 2.45) is 0 Å². The van der Waals surface area contributed by atoms with Crippen molar-refractivity contribution in [3.8, 4) is 0 Å². The van der Waals surface area contributed by atoms with E-state index in [0.29, 0.717) is 18.2 Å².